The molecular formula is C17H16BrNO3S2. The van der Waals surface area contributed by atoms with Crippen LogP contribution in [0.25, 0.3) is 6.08 Å². The first-order valence-electron chi connectivity index (χ1n) is 7.21. The Kier molecular flexibility index (Phi) is 6.72. The van der Waals surface area contributed by atoms with E-state index >= 15 is 0 Å². The van der Waals surface area contributed by atoms with Crippen LogP contribution < -0.4 is 9.47 Å². The van der Waals surface area contributed by atoms with E-state index in [9.17, 15) is 4.79 Å². The zero-order valence-electron chi connectivity index (χ0n) is 13.3. The zero-order valence-corrected chi connectivity index (χ0v) is 16.5. The molecule has 0 saturated carbocycles. The first-order valence-corrected chi connectivity index (χ1v) is 9.22. The number of hydrogen-bond acceptors (Lipinski definition) is 5. The van der Waals surface area contributed by atoms with E-state index in [-0.39, 0.29) is 12.5 Å². The van der Waals surface area contributed by atoms with Crippen LogP contribution in [0.2, 0.25) is 0 Å². The smallest absolute Gasteiger partial charge is 0.266 e. The number of amides is 1. The average molecular weight is 426 g/mol. The summed E-state index contributed by atoms with van der Waals surface area (Å²) in [6.45, 7) is 2.79. The summed E-state index contributed by atoms with van der Waals surface area (Å²) in [5, 5.41) is 0. The van der Waals surface area contributed by atoms with Crippen molar-refractivity contribution in [1.29, 1.82) is 0 Å². The predicted octanol–water partition coefficient (Wildman–Crippen LogP) is 4.08. The van der Waals surface area contributed by atoms with Crippen LogP contribution in [-0.2, 0) is 4.79 Å². The van der Waals surface area contributed by atoms with Crippen molar-refractivity contribution in [1.82, 2.24) is 4.90 Å². The van der Waals surface area contributed by atoms with Gasteiger partial charge in [-0.25, -0.2) is 0 Å². The molecule has 1 heterocycles. The van der Waals surface area contributed by atoms with Crippen LogP contribution in [0.1, 0.15) is 18.9 Å². The Morgan fingerprint density at radius 1 is 1.50 bits per heavy atom. The van der Waals surface area contributed by atoms with Gasteiger partial charge in [0.2, 0.25) is 0 Å². The Hall–Kier alpha value is -1.49. The first kappa shape index (κ1) is 18.8. The topological polar surface area (TPSA) is 38.8 Å². The van der Waals surface area contributed by atoms with Crippen molar-refractivity contribution < 1.29 is 14.3 Å². The number of hydrogen-bond donors (Lipinski definition) is 0. The van der Waals surface area contributed by atoms with Crippen LogP contribution in [0.15, 0.2) is 21.5 Å². The number of halogens is 1. The summed E-state index contributed by atoms with van der Waals surface area (Å²) < 4.78 is 12.1. The van der Waals surface area contributed by atoms with Crippen molar-refractivity contribution in [3.05, 3.63) is 27.1 Å². The van der Waals surface area contributed by atoms with Gasteiger partial charge in [-0.05, 0) is 46.1 Å². The summed E-state index contributed by atoms with van der Waals surface area (Å²) in [6.07, 6.45) is 7.89. The largest absolute Gasteiger partial charge is 0.493 e. The highest BCUT2D eigenvalue weighted by atomic mass is 79.9. The number of thiocarbonyl (C=S) groups is 1. The van der Waals surface area contributed by atoms with Crippen LogP contribution in [0.3, 0.4) is 0 Å². The molecule has 0 atom stereocenters. The van der Waals surface area contributed by atoms with Gasteiger partial charge in [0, 0.05) is 6.54 Å². The fourth-order valence-corrected chi connectivity index (χ4v) is 4.03. The highest BCUT2D eigenvalue weighted by Crippen LogP contribution is 2.39. The maximum absolute atomic E-state index is 12.4. The number of carbonyl (C=O) groups is 1. The molecule has 1 aromatic rings. The third-order valence-corrected chi connectivity index (χ3v) is 5.14. The van der Waals surface area contributed by atoms with Gasteiger partial charge in [-0.3, -0.25) is 9.69 Å². The molecule has 1 aliphatic rings. The number of methoxy groups -OCH3 is 1. The molecule has 2 rings (SSSR count). The van der Waals surface area contributed by atoms with Gasteiger partial charge in [-0.2, -0.15) is 0 Å². The Morgan fingerprint density at radius 3 is 2.88 bits per heavy atom. The van der Waals surface area contributed by atoms with E-state index in [1.165, 1.54) is 11.8 Å². The normalized spacial score (nSPS) is 15.8. The summed E-state index contributed by atoms with van der Waals surface area (Å²) in [5.74, 6) is 3.43. The first-order chi connectivity index (χ1) is 11.5. The number of nitrogens with zero attached hydrogens (tertiary/aromatic N) is 1. The monoisotopic (exact) mass is 425 g/mol. The van der Waals surface area contributed by atoms with Crippen LogP contribution in [-0.4, -0.2) is 35.4 Å². The van der Waals surface area contributed by atoms with E-state index in [1.54, 1.807) is 24.2 Å². The van der Waals surface area contributed by atoms with Crippen molar-refractivity contribution in [3.63, 3.8) is 0 Å². The number of carbonyl (C=O) groups excluding carboxylic acids is 1. The lowest BCUT2D eigenvalue weighted by atomic mass is 10.2. The maximum atomic E-state index is 12.4. The molecule has 0 aliphatic carbocycles. The second-order valence-corrected chi connectivity index (χ2v) is 7.39. The number of ether oxygens (including phenoxy) is 2. The summed E-state index contributed by atoms with van der Waals surface area (Å²) >= 11 is 10.0. The second kappa shape index (κ2) is 8.56. The minimum atomic E-state index is -0.0606. The number of thioether (sulfide) groups is 1. The van der Waals surface area contributed by atoms with Crippen molar-refractivity contribution in [2.75, 3.05) is 20.3 Å². The third-order valence-electron chi connectivity index (χ3n) is 3.17. The molecule has 0 unspecified atom stereocenters. The van der Waals surface area contributed by atoms with E-state index in [2.05, 4.69) is 21.9 Å². The molecule has 126 valence electrons. The highest BCUT2D eigenvalue weighted by molar-refractivity contribution is 9.10. The maximum Gasteiger partial charge on any atom is 0.266 e. The Morgan fingerprint density at radius 2 is 2.25 bits per heavy atom. The number of terminal acetylenes is 1. The summed E-state index contributed by atoms with van der Waals surface area (Å²) in [6, 6.07) is 3.64. The van der Waals surface area contributed by atoms with Gasteiger partial charge in [0.1, 0.15) is 10.9 Å². The van der Waals surface area contributed by atoms with E-state index in [0.29, 0.717) is 31.7 Å². The lowest BCUT2D eigenvalue weighted by molar-refractivity contribution is -0.122. The fourth-order valence-electron chi connectivity index (χ4n) is 2.14. The van der Waals surface area contributed by atoms with Gasteiger partial charge in [0.05, 0.1) is 16.5 Å². The minimum Gasteiger partial charge on any atom is -0.493 e. The van der Waals surface area contributed by atoms with Gasteiger partial charge in [0.25, 0.3) is 5.91 Å². The van der Waals surface area contributed by atoms with Crippen LogP contribution >= 0.6 is 39.9 Å². The molecule has 0 N–H and O–H groups in total. The molecule has 7 heteroatoms. The van der Waals surface area contributed by atoms with Crippen molar-refractivity contribution in [2.24, 2.45) is 0 Å². The Balaban J connectivity index is 2.33. The third kappa shape index (κ3) is 4.12. The Labute approximate surface area is 159 Å². The van der Waals surface area contributed by atoms with Gasteiger partial charge >= 0.3 is 0 Å². The molecule has 1 amide bonds. The molecule has 1 aliphatic heterocycles. The Bertz CT molecular complexity index is 740. The highest BCUT2D eigenvalue weighted by Gasteiger charge is 2.31. The molecule has 1 aromatic carbocycles. The minimum absolute atomic E-state index is 0.0606. The van der Waals surface area contributed by atoms with Crippen molar-refractivity contribution in [3.8, 4) is 23.8 Å². The van der Waals surface area contributed by atoms with Crippen molar-refractivity contribution in [2.45, 2.75) is 13.3 Å². The molecule has 0 spiro atoms. The predicted molar refractivity (Wildman–Crippen MR) is 105 cm³/mol. The number of benzene rings is 1. The van der Waals surface area contributed by atoms with Gasteiger partial charge in [-0.1, -0.05) is 36.8 Å². The molecule has 4 nitrogen and oxygen atoms in total. The average Bonchev–Trinajstić information content (AvgIpc) is 2.81. The van der Waals surface area contributed by atoms with Crippen LogP contribution in [0, 0.1) is 12.3 Å². The quantitative estimate of drug-likeness (QED) is 0.390. The lowest BCUT2D eigenvalue weighted by Crippen LogP contribution is -2.28. The van der Waals surface area contributed by atoms with Gasteiger partial charge in [-0.15, -0.1) is 6.42 Å². The summed E-state index contributed by atoms with van der Waals surface area (Å²) in [7, 11) is 1.55. The fraction of sp³-hybridized carbons (Fsp3) is 0.294. The standard InChI is InChI=1S/C17H16BrNO3S2/c1-4-6-19-16(20)14(24-17(19)23)10-11-8-12(18)15(22-7-5-2)13(9-11)21-3/h2,8-10H,4,6-7H2,1,3H3/b14-10+. The van der Waals surface area contributed by atoms with E-state index < -0.39 is 0 Å². The van der Waals surface area contributed by atoms with E-state index in [0.717, 1.165) is 12.0 Å². The zero-order chi connectivity index (χ0) is 17.7. The molecule has 0 aromatic heterocycles. The number of rotatable bonds is 6. The molecule has 0 bridgehead atoms. The molecule has 1 saturated heterocycles. The van der Waals surface area contributed by atoms with Crippen molar-refractivity contribution >= 4 is 56.2 Å². The molecular weight excluding hydrogens is 410 g/mol. The lowest BCUT2D eigenvalue weighted by Gasteiger charge is -2.12. The van der Waals surface area contributed by atoms with E-state index in [1.807, 2.05) is 13.0 Å². The van der Waals surface area contributed by atoms with Crippen LogP contribution in [0.5, 0.6) is 11.5 Å². The molecule has 24 heavy (non-hydrogen) atoms. The summed E-state index contributed by atoms with van der Waals surface area (Å²) in [4.78, 5) is 14.6. The molecule has 1 fully saturated rings. The molecule has 0 radical (unpaired) electrons. The summed E-state index contributed by atoms with van der Waals surface area (Å²) in [5.41, 5.74) is 0.809. The van der Waals surface area contributed by atoms with Gasteiger partial charge < -0.3 is 9.47 Å². The SMILES string of the molecule is C#CCOc1c(Br)cc(/C=C2/SC(=S)N(CCC)C2=O)cc1OC. The van der Waals surface area contributed by atoms with E-state index in [4.69, 9.17) is 28.1 Å². The second-order valence-electron chi connectivity index (χ2n) is 4.86. The van der Waals surface area contributed by atoms with Crippen LogP contribution in [0.4, 0.5) is 0 Å². The van der Waals surface area contributed by atoms with Gasteiger partial charge in [0.15, 0.2) is 11.5 Å².